The number of aromatic nitrogens is 1. The predicted molar refractivity (Wildman–Crippen MR) is 74.2 cm³/mol. The number of benzene rings is 1. The van der Waals surface area contributed by atoms with Gasteiger partial charge < -0.3 is 19.2 Å². The van der Waals surface area contributed by atoms with Gasteiger partial charge in [0.05, 0.1) is 32.4 Å². The van der Waals surface area contributed by atoms with Crippen LogP contribution in [0.2, 0.25) is 0 Å². The maximum absolute atomic E-state index is 11.8. The van der Waals surface area contributed by atoms with Crippen LogP contribution in [0.25, 0.3) is 10.9 Å². The number of aromatic amines is 1. The van der Waals surface area contributed by atoms with Gasteiger partial charge in [-0.25, -0.2) is 0 Å². The lowest BCUT2D eigenvalue weighted by Gasteiger charge is -2.14. The van der Waals surface area contributed by atoms with Gasteiger partial charge in [0.25, 0.3) is 5.56 Å². The van der Waals surface area contributed by atoms with Crippen LogP contribution >= 0.6 is 0 Å². The molecule has 6 nitrogen and oxygen atoms in total. The summed E-state index contributed by atoms with van der Waals surface area (Å²) in [4.78, 5) is 26.0. The Kier molecular flexibility index (Phi) is 3.65. The number of fused-ring (bicyclic) bond motifs is 1. The zero-order chi connectivity index (χ0) is 14.9. The van der Waals surface area contributed by atoms with E-state index in [0.29, 0.717) is 28.2 Å². The van der Waals surface area contributed by atoms with Crippen LogP contribution in [-0.2, 0) is 0 Å². The van der Waals surface area contributed by atoms with Gasteiger partial charge in [-0.1, -0.05) is 0 Å². The zero-order valence-corrected chi connectivity index (χ0v) is 11.7. The SMILES string of the molecule is COc1cc2[nH]c(=O)c(C(C)=O)cc2c(OC)c1OC. The molecule has 0 unspecified atom stereocenters. The predicted octanol–water partition coefficient (Wildman–Crippen LogP) is 1.76. The molecule has 1 aromatic heterocycles. The summed E-state index contributed by atoms with van der Waals surface area (Å²) in [6, 6.07) is 3.12. The molecule has 0 saturated heterocycles. The molecule has 0 bridgehead atoms. The fourth-order valence-corrected chi connectivity index (χ4v) is 2.09. The van der Waals surface area contributed by atoms with E-state index in [1.54, 1.807) is 6.07 Å². The highest BCUT2D eigenvalue weighted by Gasteiger charge is 2.18. The van der Waals surface area contributed by atoms with Gasteiger partial charge in [-0.2, -0.15) is 0 Å². The van der Waals surface area contributed by atoms with Gasteiger partial charge in [0.1, 0.15) is 0 Å². The van der Waals surface area contributed by atoms with Gasteiger partial charge in [-0.15, -0.1) is 0 Å². The van der Waals surface area contributed by atoms with E-state index in [1.807, 2.05) is 0 Å². The van der Waals surface area contributed by atoms with Crippen molar-refractivity contribution in [1.29, 1.82) is 0 Å². The molecule has 1 N–H and O–H groups in total. The topological polar surface area (TPSA) is 77.6 Å². The highest BCUT2D eigenvalue weighted by atomic mass is 16.5. The summed E-state index contributed by atoms with van der Waals surface area (Å²) in [5.41, 5.74) is 0.136. The molecule has 0 amide bonds. The smallest absolute Gasteiger partial charge is 0.259 e. The van der Waals surface area contributed by atoms with Crippen molar-refractivity contribution in [1.82, 2.24) is 4.98 Å². The molecule has 20 heavy (non-hydrogen) atoms. The third kappa shape index (κ3) is 2.09. The number of hydrogen-bond donors (Lipinski definition) is 1. The highest BCUT2D eigenvalue weighted by Crippen LogP contribution is 2.42. The largest absolute Gasteiger partial charge is 0.493 e. The van der Waals surface area contributed by atoms with Crippen molar-refractivity contribution in [2.24, 2.45) is 0 Å². The summed E-state index contributed by atoms with van der Waals surface area (Å²) in [5.74, 6) is 0.928. The van der Waals surface area contributed by atoms with Crippen molar-refractivity contribution in [2.45, 2.75) is 6.92 Å². The number of pyridine rings is 1. The number of carbonyl (C=O) groups excluding carboxylic acids is 1. The van der Waals surface area contributed by atoms with E-state index in [2.05, 4.69) is 4.98 Å². The van der Waals surface area contributed by atoms with Crippen molar-refractivity contribution in [2.75, 3.05) is 21.3 Å². The van der Waals surface area contributed by atoms with Crippen LogP contribution in [0.1, 0.15) is 17.3 Å². The standard InChI is InChI=1S/C14H15NO5/c1-7(16)8-5-9-10(15-14(8)17)6-11(18-2)13(20-4)12(9)19-3/h5-6H,1-4H3,(H,15,17). The van der Waals surface area contributed by atoms with Crippen LogP contribution in [0.3, 0.4) is 0 Å². The quantitative estimate of drug-likeness (QED) is 0.861. The van der Waals surface area contributed by atoms with E-state index < -0.39 is 5.56 Å². The first-order valence-corrected chi connectivity index (χ1v) is 5.90. The number of H-pyrrole nitrogens is 1. The molecular weight excluding hydrogens is 262 g/mol. The Labute approximate surface area is 115 Å². The van der Waals surface area contributed by atoms with Gasteiger partial charge in [0.2, 0.25) is 5.75 Å². The van der Waals surface area contributed by atoms with Crippen LogP contribution in [0.5, 0.6) is 17.2 Å². The van der Waals surface area contributed by atoms with Crippen LogP contribution < -0.4 is 19.8 Å². The number of ketones is 1. The third-order valence-corrected chi connectivity index (χ3v) is 3.03. The molecule has 0 aliphatic carbocycles. The minimum absolute atomic E-state index is 0.0722. The molecule has 106 valence electrons. The average Bonchev–Trinajstić information content (AvgIpc) is 2.43. The Morgan fingerprint density at radius 1 is 1.05 bits per heavy atom. The van der Waals surface area contributed by atoms with Crippen molar-refractivity contribution < 1.29 is 19.0 Å². The molecular formula is C14H15NO5. The Hall–Kier alpha value is -2.50. The first-order valence-electron chi connectivity index (χ1n) is 5.90. The summed E-state index contributed by atoms with van der Waals surface area (Å²) in [6.45, 7) is 1.34. The monoisotopic (exact) mass is 277 g/mol. The van der Waals surface area contributed by atoms with Gasteiger partial charge in [0.15, 0.2) is 17.3 Å². The van der Waals surface area contributed by atoms with E-state index in [-0.39, 0.29) is 11.3 Å². The maximum atomic E-state index is 11.8. The minimum atomic E-state index is -0.445. The number of rotatable bonds is 4. The van der Waals surface area contributed by atoms with Gasteiger partial charge in [-0.05, 0) is 13.0 Å². The molecule has 0 spiro atoms. The Balaban J connectivity index is 2.93. The van der Waals surface area contributed by atoms with E-state index in [9.17, 15) is 9.59 Å². The highest BCUT2D eigenvalue weighted by molar-refractivity contribution is 5.99. The van der Waals surface area contributed by atoms with Crippen molar-refractivity contribution in [3.8, 4) is 17.2 Å². The molecule has 2 aromatic rings. The van der Waals surface area contributed by atoms with Crippen LogP contribution in [-0.4, -0.2) is 32.1 Å². The zero-order valence-electron chi connectivity index (χ0n) is 11.7. The number of hydrogen-bond acceptors (Lipinski definition) is 5. The summed E-state index contributed by atoms with van der Waals surface area (Å²) >= 11 is 0. The van der Waals surface area contributed by atoms with E-state index in [1.165, 1.54) is 34.3 Å². The number of ether oxygens (including phenoxy) is 3. The molecule has 6 heteroatoms. The summed E-state index contributed by atoms with van der Waals surface area (Å²) in [6.07, 6.45) is 0. The molecule has 0 atom stereocenters. The molecule has 0 aliphatic heterocycles. The van der Waals surface area contributed by atoms with Gasteiger partial charge in [-0.3, -0.25) is 9.59 Å². The second kappa shape index (κ2) is 5.24. The van der Waals surface area contributed by atoms with E-state index in [0.717, 1.165) is 0 Å². The maximum Gasteiger partial charge on any atom is 0.259 e. The summed E-state index contributed by atoms with van der Waals surface area (Å²) < 4.78 is 15.8. The number of Topliss-reactive ketones (excluding diaryl/α,β-unsaturated/α-hetero) is 1. The van der Waals surface area contributed by atoms with Crippen molar-refractivity contribution in [3.05, 3.63) is 28.0 Å². The third-order valence-electron chi connectivity index (χ3n) is 3.03. The summed E-state index contributed by atoms with van der Waals surface area (Å²) in [7, 11) is 4.46. The Bertz CT molecular complexity index is 732. The molecule has 0 saturated carbocycles. The van der Waals surface area contributed by atoms with Crippen molar-refractivity contribution >= 4 is 16.7 Å². The van der Waals surface area contributed by atoms with Crippen molar-refractivity contribution in [3.63, 3.8) is 0 Å². The molecule has 0 radical (unpaired) electrons. The fourth-order valence-electron chi connectivity index (χ4n) is 2.09. The van der Waals surface area contributed by atoms with Crippen LogP contribution in [0.15, 0.2) is 16.9 Å². The molecule has 0 fully saturated rings. The Morgan fingerprint density at radius 2 is 1.70 bits per heavy atom. The Morgan fingerprint density at radius 3 is 2.20 bits per heavy atom. The number of nitrogens with one attached hydrogen (secondary N) is 1. The lowest BCUT2D eigenvalue weighted by molar-refractivity contribution is 0.101. The summed E-state index contributed by atoms with van der Waals surface area (Å²) in [5, 5.41) is 0.579. The normalized spacial score (nSPS) is 10.4. The number of carbonyl (C=O) groups is 1. The lowest BCUT2D eigenvalue weighted by Crippen LogP contribution is -2.15. The lowest BCUT2D eigenvalue weighted by atomic mass is 10.1. The van der Waals surface area contributed by atoms with Crippen LogP contribution in [0, 0.1) is 0 Å². The minimum Gasteiger partial charge on any atom is -0.493 e. The van der Waals surface area contributed by atoms with Crippen LogP contribution in [0.4, 0.5) is 0 Å². The molecule has 0 aliphatic rings. The average molecular weight is 277 g/mol. The van der Waals surface area contributed by atoms with E-state index in [4.69, 9.17) is 14.2 Å². The number of methoxy groups -OCH3 is 3. The second-order valence-electron chi connectivity index (χ2n) is 4.17. The fraction of sp³-hybridized carbons (Fsp3) is 0.286. The molecule has 1 heterocycles. The first-order chi connectivity index (χ1) is 9.53. The molecule has 1 aromatic carbocycles. The van der Waals surface area contributed by atoms with Gasteiger partial charge in [0, 0.05) is 11.5 Å². The molecule has 2 rings (SSSR count). The van der Waals surface area contributed by atoms with Gasteiger partial charge >= 0.3 is 0 Å². The first kappa shape index (κ1) is 13.9. The second-order valence-corrected chi connectivity index (χ2v) is 4.17. The van der Waals surface area contributed by atoms with E-state index >= 15 is 0 Å².